The van der Waals surface area contributed by atoms with Crippen LogP contribution in [0.5, 0.6) is 0 Å². The molecule has 0 saturated carbocycles. The maximum Gasteiger partial charge on any atom is 0.361 e. The van der Waals surface area contributed by atoms with Gasteiger partial charge in [0.2, 0.25) is 5.91 Å². The number of rotatable bonds is 0. The highest BCUT2D eigenvalue weighted by molar-refractivity contribution is 8.00. The Morgan fingerprint density at radius 1 is 1.77 bits per heavy atom. The van der Waals surface area contributed by atoms with E-state index in [1.165, 1.54) is 0 Å². The van der Waals surface area contributed by atoms with Gasteiger partial charge in [-0.1, -0.05) is 18.7 Å². The van der Waals surface area contributed by atoms with E-state index in [4.69, 9.17) is 9.90 Å². The van der Waals surface area contributed by atoms with Crippen LogP contribution < -0.4 is 0 Å². The lowest BCUT2D eigenvalue weighted by atomic mass is 10.2. The van der Waals surface area contributed by atoms with Crippen molar-refractivity contribution in [3.63, 3.8) is 0 Å². The van der Waals surface area contributed by atoms with Crippen LogP contribution in [0.3, 0.4) is 0 Å². The van der Waals surface area contributed by atoms with Gasteiger partial charge in [-0.15, -0.1) is 11.8 Å². The standard InChI is InChI=1S/C6H7NOS.CH2O2S/c8-5-4-6-7(5)2-1-3-9-6;2-1(3)4/h1-2,6H,3-4H2;4H,(H,2,3). The topological polar surface area (TPSA) is 57.6 Å². The van der Waals surface area contributed by atoms with Gasteiger partial charge in [0.25, 0.3) is 0 Å². The summed E-state index contributed by atoms with van der Waals surface area (Å²) in [5.41, 5.74) is 0. The summed E-state index contributed by atoms with van der Waals surface area (Å²) in [4.78, 5) is 21.4. The first-order valence-electron chi connectivity index (χ1n) is 3.62. The first-order valence-corrected chi connectivity index (χ1v) is 5.12. The molecule has 72 valence electrons. The molecule has 0 aliphatic carbocycles. The summed E-state index contributed by atoms with van der Waals surface area (Å²) in [7, 11) is 0. The molecule has 2 aliphatic rings. The van der Waals surface area contributed by atoms with E-state index in [1.807, 2.05) is 24.0 Å². The molecular formula is C7H9NO3S2. The number of hydrogen-bond donors (Lipinski definition) is 2. The minimum Gasteiger partial charge on any atom is -0.473 e. The van der Waals surface area contributed by atoms with E-state index in [0.29, 0.717) is 5.37 Å². The number of thioether (sulfide) groups is 1. The molecule has 1 unspecified atom stereocenters. The predicted molar refractivity (Wildman–Crippen MR) is 53.9 cm³/mol. The Hall–Kier alpha value is -0.620. The lowest BCUT2D eigenvalue weighted by Crippen LogP contribution is -2.48. The van der Waals surface area contributed by atoms with E-state index < -0.39 is 5.30 Å². The number of amides is 1. The smallest absolute Gasteiger partial charge is 0.361 e. The molecule has 0 bridgehead atoms. The zero-order chi connectivity index (χ0) is 9.84. The molecule has 0 spiro atoms. The van der Waals surface area contributed by atoms with Crippen LogP contribution in [0, 0.1) is 0 Å². The number of nitrogens with zero attached hydrogens (tertiary/aromatic N) is 1. The minimum absolute atomic E-state index is 0.267. The molecule has 1 N–H and O–H groups in total. The average Bonchev–Trinajstić information content (AvgIpc) is 2.02. The molecular weight excluding hydrogens is 210 g/mol. The van der Waals surface area contributed by atoms with Crippen molar-refractivity contribution in [2.24, 2.45) is 0 Å². The lowest BCUT2D eigenvalue weighted by Gasteiger charge is -2.39. The van der Waals surface area contributed by atoms with Crippen molar-refractivity contribution in [3.05, 3.63) is 12.3 Å². The van der Waals surface area contributed by atoms with Gasteiger partial charge < -0.3 is 10.0 Å². The molecule has 2 aliphatic heterocycles. The average molecular weight is 219 g/mol. The molecule has 1 amide bonds. The van der Waals surface area contributed by atoms with Crippen LogP contribution in [0.2, 0.25) is 0 Å². The molecule has 0 aromatic carbocycles. The fraction of sp³-hybridized carbons (Fsp3) is 0.429. The molecule has 6 heteroatoms. The monoisotopic (exact) mass is 219 g/mol. The zero-order valence-corrected chi connectivity index (χ0v) is 8.42. The van der Waals surface area contributed by atoms with E-state index >= 15 is 0 Å². The summed E-state index contributed by atoms with van der Waals surface area (Å²) >= 11 is 4.72. The maximum absolute atomic E-state index is 10.7. The van der Waals surface area contributed by atoms with Crippen molar-refractivity contribution in [2.45, 2.75) is 11.8 Å². The number of carbonyl (C=O) groups excluding carboxylic acids is 1. The second-order valence-corrected chi connectivity index (χ2v) is 4.05. The number of carboxylic acid groups (broad SMARTS) is 1. The molecule has 4 nitrogen and oxygen atoms in total. The van der Waals surface area contributed by atoms with Crippen molar-refractivity contribution >= 4 is 35.6 Å². The van der Waals surface area contributed by atoms with Gasteiger partial charge in [-0.25, -0.2) is 4.79 Å². The van der Waals surface area contributed by atoms with E-state index in [2.05, 4.69) is 12.6 Å². The fourth-order valence-corrected chi connectivity index (χ4v) is 2.07. The SMILES string of the molecule is O=C(O)S.O=C1CC2SCC=CN12. The van der Waals surface area contributed by atoms with Crippen LogP contribution in [0.15, 0.2) is 12.3 Å². The molecule has 2 heterocycles. The Balaban J connectivity index is 0.000000184. The predicted octanol–water partition coefficient (Wildman–Crippen LogP) is 1.40. The summed E-state index contributed by atoms with van der Waals surface area (Å²) < 4.78 is 0. The van der Waals surface area contributed by atoms with Gasteiger partial charge in [-0.3, -0.25) is 4.79 Å². The second kappa shape index (κ2) is 4.57. The largest absolute Gasteiger partial charge is 0.473 e. The van der Waals surface area contributed by atoms with Crippen LogP contribution in [0.4, 0.5) is 4.79 Å². The van der Waals surface area contributed by atoms with Crippen molar-refractivity contribution in [1.82, 2.24) is 4.90 Å². The van der Waals surface area contributed by atoms with Crippen molar-refractivity contribution in [1.29, 1.82) is 0 Å². The molecule has 13 heavy (non-hydrogen) atoms. The molecule has 2 rings (SSSR count). The first kappa shape index (κ1) is 10.5. The minimum atomic E-state index is -1.14. The Labute approximate surface area is 85.4 Å². The first-order chi connectivity index (χ1) is 6.11. The highest BCUT2D eigenvalue weighted by Gasteiger charge is 2.35. The van der Waals surface area contributed by atoms with Crippen LogP contribution in [0.25, 0.3) is 0 Å². The van der Waals surface area contributed by atoms with E-state index in [1.54, 1.807) is 4.90 Å². The third kappa shape index (κ3) is 2.96. The van der Waals surface area contributed by atoms with E-state index in [9.17, 15) is 4.79 Å². The van der Waals surface area contributed by atoms with Gasteiger partial charge in [0.1, 0.15) is 0 Å². The zero-order valence-electron chi connectivity index (χ0n) is 6.71. The third-order valence-corrected chi connectivity index (χ3v) is 2.76. The highest BCUT2D eigenvalue weighted by Crippen LogP contribution is 2.32. The molecule has 1 atom stereocenters. The number of hydrogen-bond acceptors (Lipinski definition) is 3. The number of carbonyl (C=O) groups is 2. The molecule has 1 saturated heterocycles. The van der Waals surface area contributed by atoms with Crippen LogP contribution in [-0.2, 0) is 4.79 Å². The molecule has 0 aromatic rings. The summed E-state index contributed by atoms with van der Waals surface area (Å²) in [6.45, 7) is 0. The van der Waals surface area contributed by atoms with Crippen LogP contribution in [-0.4, -0.2) is 32.3 Å². The highest BCUT2D eigenvalue weighted by atomic mass is 32.2. The van der Waals surface area contributed by atoms with Crippen molar-refractivity contribution in [2.75, 3.05) is 5.75 Å². The van der Waals surface area contributed by atoms with Gasteiger partial charge in [0.15, 0.2) is 0 Å². The molecule has 1 fully saturated rings. The third-order valence-electron chi connectivity index (χ3n) is 1.60. The maximum atomic E-state index is 10.7. The Kier molecular flexibility index (Phi) is 3.68. The Morgan fingerprint density at radius 2 is 2.38 bits per heavy atom. The van der Waals surface area contributed by atoms with Crippen molar-refractivity contribution in [3.8, 4) is 0 Å². The van der Waals surface area contributed by atoms with Gasteiger partial charge in [0, 0.05) is 12.0 Å². The number of fused-ring (bicyclic) bond motifs is 1. The van der Waals surface area contributed by atoms with E-state index in [-0.39, 0.29) is 5.91 Å². The van der Waals surface area contributed by atoms with Gasteiger partial charge in [0.05, 0.1) is 11.8 Å². The normalized spacial score (nSPS) is 23.9. The van der Waals surface area contributed by atoms with Gasteiger partial charge in [-0.05, 0) is 0 Å². The van der Waals surface area contributed by atoms with Crippen LogP contribution >= 0.6 is 24.4 Å². The molecule has 0 radical (unpaired) electrons. The number of β-lactam (4-membered cyclic amide) rings is 1. The van der Waals surface area contributed by atoms with Gasteiger partial charge in [-0.2, -0.15) is 0 Å². The van der Waals surface area contributed by atoms with E-state index in [0.717, 1.165) is 12.2 Å². The Morgan fingerprint density at radius 3 is 2.77 bits per heavy atom. The Bertz CT molecular complexity index is 250. The quantitative estimate of drug-likeness (QED) is 0.477. The second-order valence-electron chi connectivity index (χ2n) is 2.46. The van der Waals surface area contributed by atoms with Gasteiger partial charge >= 0.3 is 5.30 Å². The van der Waals surface area contributed by atoms with Crippen molar-refractivity contribution < 1.29 is 14.7 Å². The van der Waals surface area contributed by atoms with Crippen LogP contribution in [0.1, 0.15) is 6.42 Å². The summed E-state index contributed by atoms with van der Waals surface area (Å²) in [6.07, 6.45) is 4.67. The lowest BCUT2D eigenvalue weighted by molar-refractivity contribution is -0.137. The summed E-state index contributed by atoms with van der Waals surface area (Å²) in [6, 6.07) is 0. The number of thiol groups is 1. The molecule has 0 aromatic heterocycles. The summed E-state index contributed by atoms with van der Waals surface area (Å²) in [5, 5.41) is 6.62. The fourth-order valence-electron chi connectivity index (χ4n) is 1.04. The summed E-state index contributed by atoms with van der Waals surface area (Å²) in [5.74, 6) is 1.33.